The number of hydrogen-bond donors (Lipinski definition) is 2. The van der Waals surface area contributed by atoms with Gasteiger partial charge in [-0.2, -0.15) is 9.78 Å². The molecule has 0 saturated carbocycles. The van der Waals surface area contributed by atoms with Gasteiger partial charge in [-0.3, -0.25) is 9.59 Å². The van der Waals surface area contributed by atoms with E-state index in [9.17, 15) is 18.8 Å². The van der Waals surface area contributed by atoms with Gasteiger partial charge in [-0.15, -0.1) is 0 Å². The number of halogens is 1. The van der Waals surface area contributed by atoms with Gasteiger partial charge in [0.1, 0.15) is 42.7 Å². The number of Topliss-reactive ketones (excluding diaryl/α,β-unsaturated/α-hetero) is 1. The maximum Gasteiger partial charge on any atom is 0.342 e. The van der Waals surface area contributed by atoms with Crippen LogP contribution in [0, 0.1) is 5.82 Å². The van der Waals surface area contributed by atoms with Crippen LogP contribution in [0.25, 0.3) is 0 Å². The Morgan fingerprint density at radius 1 is 1.23 bits per heavy atom. The fourth-order valence-electron chi connectivity index (χ4n) is 4.35. The lowest BCUT2D eigenvalue weighted by Crippen LogP contribution is -2.50. The molecule has 1 fully saturated rings. The van der Waals surface area contributed by atoms with Crippen LogP contribution in [-0.4, -0.2) is 79.6 Å². The van der Waals surface area contributed by atoms with Gasteiger partial charge < -0.3 is 29.7 Å². The van der Waals surface area contributed by atoms with Crippen LogP contribution in [0.1, 0.15) is 11.1 Å². The minimum absolute atomic E-state index is 0.0932. The molecule has 11 nitrogen and oxygen atoms in total. The highest BCUT2D eigenvalue weighted by molar-refractivity contribution is 6.00. The normalized spacial score (nSPS) is 19.0. The van der Waals surface area contributed by atoms with E-state index in [1.54, 1.807) is 37.4 Å². The summed E-state index contributed by atoms with van der Waals surface area (Å²) in [5.74, 6) is -0.104. The lowest BCUT2D eigenvalue weighted by Gasteiger charge is -2.23. The van der Waals surface area contributed by atoms with Gasteiger partial charge >= 0.3 is 6.03 Å². The van der Waals surface area contributed by atoms with Crippen LogP contribution in [-0.2, 0) is 20.7 Å². The maximum atomic E-state index is 13.5. The number of amides is 2. The highest BCUT2D eigenvalue weighted by Gasteiger charge is 2.31. The summed E-state index contributed by atoms with van der Waals surface area (Å²) in [6.45, 7) is 1.35. The summed E-state index contributed by atoms with van der Waals surface area (Å²) >= 11 is 0. The van der Waals surface area contributed by atoms with Crippen LogP contribution in [0.4, 0.5) is 14.9 Å². The third-order valence-corrected chi connectivity index (χ3v) is 6.43. The van der Waals surface area contributed by atoms with Crippen molar-refractivity contribution in [1.82, 2.24) is 20.4 Å². The van der Waals surface area contributed by atoms with E-state index < -0.39 is 24.1 Å². The van der Waals surface area contributed by atoms with Gasteiger partial charge in [0.05, 0.1) is 18.5 Å². The fourth-order valence-corrected chi connectivity index (χ4v) is 4.35. The molecule has 1 unspecified atom stereocenters. The second-order valence-corrected chi connectivity index (χ2v) is 9.26. The van der Waals surface area contributed by atoms with Gasteiger partial charge in [-0.1, -0.05) is 12.1 Å². The van der Waals surface area contributed by atoms with E-state index in [0.29, 0.717) is 48.9 Å². The standard InChI is InChI=1S/C27H28FN5O6/c1-32-22-11-20(38-16-23(34)25-13-29-7-8-37-25)5-6-24(22)39-15-21(26(32)35)31-27(36)33-14-18(12-30-33)9-17-3-2-4-19(28)10-17/h2-6,10-12,14,21,25,29H,7-9,13,15-16H2,1H3,(H,31,36)/t21-,25?/m0/s1. The molecule has 2 N–H and O–H groups in total. The fraction of sp³-hybridized carbons (Fsp3) is 0.333. The molecule has 2 atom stereocenters. The number of ether oxygens (including phenoxy) is 3. The lowest BCUT2D eigenvalue weighted by atomic mass is 10.1. The minimum atomic E-state index is -0.979. The lowest BCUT2D eigenvalue weighted by molar-refractivity contribution is -0.134. The molecule has 2 aromatic carbocycles. The van der Waals surface area contributed by atoms with Crippen molar-refractivity contribution >= 4 is 23.4 Å². The quantitative estimate of drug-likeness (QED) is 0.465. The third kappa shape index (κ3) is 6.24. The van der Waals surface area contributed by atoms with Crippen LogP contribution in [0.15, 0.2) is 54.9 Å². The maximum absolute atomic E-state index is 13.5. The molecule has 0 aliphatic carbocycles. The predicted octanol–water partition coefficient (Wildman–Crippen LogP) is 1.53. The average Bonchev–Trinajstić information content (AvgIpc) is 3.38. The number of fused-ring (bicyclic) bond motifs is 1. The Morgan fingerprint density at radius 3 is 2.90 bits per heavy atom. The molecular weight excluding hydrogens is 509 g/mol. The molecule has 2 aliphatic heterocycles. The monoisotopic (exact) mass is 537 g/mol. The zero-order valence-corrected chi connectivity index (χ0v) is 21.3. The number of ketones is 1. The number of aromatic nitrogens is 2. The summed E-state index contributed by atoms with van der Waals surface area (Å²) in [4.78, 5) is 39.8. The second-order valence-electron chi connectivity index (χ2n) is 9.26. The van der Waals surface area contributed by atoms with E-state index in [0.717, 1.165) is 10.2 Å². The van der Waals surface area contributed by atoms with Crippen LogP contribution in [0.5, 0.6) is 11.5 Å². The molecule has 3 heterocycles. The van der Waals surface area contributed by atoms with Crippen molar-refractivity contribution < 1.29 is 33.0 Å². The van der Waals surface area contributed by atoms with Crippen molar-refractivity contribution in [3.05, 3.63) is 71.8 Å². The summed E-state index contributed by atoms with van der Waals surface area (Å²) in [5.41, 5.74) is 1.89. The zero-order valence-electron chi connectivity index (χ0n) is 21.3. The minimum Gasteiger partial charge on any atom is -0.489 e. The zero-order chi connectivity index (χ0) is 27.4. The van der Waals surface area contributed by atoms with Gasteiger partial charge in [-0.05, 0) is 35.4 Å². The number of morpholine rings is 1. The molecule has 12 heteroatoms. The number of carbonyl (C=O) groups excluding carboxylic acids is 3. The van der Waals surface area contributed by atoms with E-state index in [1.165, 1.54) is 29.4 Å². The molecule has 2 amide bonds. The first-order valence-electron chi connectivity index (χ1n) is 12.5. The van der Waals surface area contributed by atoms with Crippen molar-refractivity contribution in [2.75, 3.05) is 44.9 Å². The van der Waals surface area contributed by atoms with Crippen molar-refractivity contribution in [2.45, 2.75) is 18.6 Å². The van der Waals surface area contributed by atoms with Gasteiger partial charge in [-0.25, -0.2) is 9.18 Å². The highest BCUT2D eigenvalue weighted by atomic mass is 19.1. The molecule has 39 heavy (non-hydrogen) atoms. The van der Waals surface area contributed by atoms with Crippen molar-refractivity contribution in [3.63, 3.8) is 0 Å². The van der Waals surface area contributed by atoms with E-state index in [2.05, 4.69) is 15.7 Å². The van der Waals surface area contributed by atoms with Crippen molar-refractivity contribution in [3.8, 4) is 11.5 Å². The topological polar surface area (TPSA) is 124 Å². The summed E-state index contributed by atoms with van der Waals surface area (Å²) in [6.07, 6.45) is 2.89. The second kappa shape index (κ2) is 11.6. The molecule has 2 aliphatic rings. The van der Waals surface area contributed by atoms with Gasteiger partial charge in [0.15, 0.2) is 5.78 Å². The van der Waals surface area contributed by atoms with E-state index >= 15 is 0 Å². The van der Waals surface area contributed by atoms with E-state index in [-0.39, 0.29) is 24.8 Å². The SMILES string of the molecule is CN1C(=O)[C@@H](NC(=O)n2cc(Cc3cccc(F)c3)cn2)COc2ccc(OCC(=O)C3CNCCO3)cc21. The first-order chi connectivity index (χ1) is 18.9. The number of nitrogens with one attached hydrogen (secondary N) is 2. The first-order valence-corrected chi connectivity index (χ1v) is 12.5. The third-order valence-electron chi connectivity index (χ3n) is 6.43. The molecule has 3 aromatic rings. The van der Waals surface area contributed by atoms with Gasteiger partial charge in [0.2, 0.25) is 0 Å². The largest absolute Gasteiger partial charge is 0.489 e. The Balaban J connectivity index is 1.20. The van der Waals surface area contributed by atoms with E-state index in [4.69, 9.17) is 14.2 Å². The van der Waals surface area contributed by atoms with Gasteiger partial charge in [0, 0.05) is 38.8 Å². The van der Waals surface area contributed by atoms with Crippen LogP contribution < -0.4 is 25.0 Å². The Labute approximate surface area is 223 Å². The molecular formula is C27H28FN5O6. The number of rotatable bonds is 7. The number of hydrogen-bond acceptors (Lipinski definition) is 8. The van der Waals surface area contributed by atoms with E-state index in [1.807, 2.05) is 0 Å². The van der Waals surface area contributed by atoms with Crippen molar-refractivity contribution in [2.24, 2.45) is 0 Å². The van der Waals surface area contributed by atoms with Crippen molar-refractivity contribution in [1.29, 1.82) is 0 Å². The highest BCUT2D eigenvalue weighted by Crippen LogP contribution is 2.34. The summed E-state index contributed by atoms with van der Waals surface area (Å²) in [5, 5.41) is 9.84. The summed E-state index contributed by atoms with van der Waals surface area (Å²) in [6, 6.07) is 9.50. The van der Waals surface area contributed by atoms with Gasteiger partial charge in [0.25, 0.3) is 5.91 Å². The number of likely N-dealkylation sites (N-methyl/N-ethyl adjacent to an activating group) is 1. The number of anilines is 1. The molecule has 0 radical (unpaired) electrons. The number of nitrogens with zero attached hydrogens (tertiary/aromatic N) is 3. The Hall–Kier alpha value is -4.29. The van der Waals surface area contributed by atoms with Crippen LogP contribution >= 0.6 is 0 Å². The molecule has 5 rings (SSSR count). The molecule has 0 spiro atoms. The first kappa shape index (κ1) is 26.3. The van der Waals surface area contributed by atoms with Crippen LogP contribution in [0.3, 0.4) is 0 Å². The molecule has 1 saturated heterocycles. The number of carbonyl (C=O) groups is 3. The Bertz CT molecular complexity index is 1370. The Morgan fingerprint density at radius 2 is 2.10 bits per heavy atom. The summed E-state index contributed by atoms with van der Waals surface area (Å²) < 4.78 is 31.5. The van der Waals surface area contributed by atoms with Crippen LogP contribution in [0.2, 0.25) is 0 Å². The summed E-state index contributed by atoms with van der Waals surface area (Å²) in [7, 11) is 1.57. The predicted molar refractivity (Wildman–Crippen MR) is 138 cm³/mol. The smallest absolute Gasteiger partial charge is 0.342 e. The Kier molecular flexibility index (Phi) is 7.84. The number of benzene rings is 2. The molecule has 1 aromatic heterocycles. The molecule has 0 bridgehead atoms. The molecule has 204 valence electrons. The average molecular weight is 538 g/mol.